The molecular weight excluding hydrogens is 316 g/mol. The van der Waals surface area contributed by atoms with Crippen LogP contribution in [0.25, 0.3) is 10.8 Å². The molecular formula is C17H13BrO2. The van der Waals surface area contributed by atoms with Crippen molar-refractivity contribution in [3.63, 3.8) is 0 Å². The van der Waals surface area contributed by atoms with Crippen LogP contribution in [0.3, 0.4) is 0 Å². The average Bonchev–Trinajstić information content (AvgIpc) is 2.46. The SMILES string of the molecule is Oc1ccc2ccc(OCc3ccccc3Br)cc2c1. The zero-order valence-electron chi connectivity index (χ0n) is 10.7. The predicted octanol–water partition coefficient (Wildman–Crippen LogP) is 4.89. The summed E-state index contributed by atoms with van der Waals surface area (Å²) in [5, 5.41) is 11.6. The molecule has 3 heteroatoms. The standard InChI is InChI=1S/C17H13BrO2/c18-17-4-2-1-3-13(17)11-20-16-8-6-12-5-7-15(19)9-14(12)10-16/h1-10,19H,11H2. The molecule has 0 spiro atoms. The summed E-state index contributed by atoms with van der Waals surface area (Å²) in [6, 6.07) is 19.2. The highest BCUT2D eigenvalue weighted by Gasteiger charge is 2.02. The topological polar surface area (TPSA) is 29.5 Å². The average molecular weight is 329 g/mol. The van der Waals surface area contributed by atoms with E-state index in [1.54, 1.807) is 12.1 Å². The lowest BCUT2D eigenvalue weighted by Gasteiger charge is -2.09. The number of phenols is 1. The van der Waals surface area contributed by atoms with Crippen LogP contribution in [0.4, 0.5) is 0 Å². The van der Waals surface area contributed by atoms with E-state index in [1.807, 2.05) is 48.5 Å². The minimum Gasteiger partial charge on any atom is -0.508 e. The fraction of sp³-hybridized carbons (Fsp3) is 0.0588. The summed E-state index contributed by atoms with van der Waals surface area (Å²) in [5.41, 5.74) is 1.10. The Morgan fingerprint density at radius 3 is 2.55 bits per heavy atom. The van der Waals surface area contributed by atoms with Crippen molar-refractivity contribution in [2.24, 2.45) is 0 Å². The Hall–Kier alpha value is -2.00. The molecule has 0 atom stereocenters. The number of hydrogen-bond donors (Lipinski definition) is 1. The van der Waals surface area contributed by atoms with Gasteiger partial charge in [-0.25, -0.2) is 0 Å². The maximum Gasteiger partial charge on any atom is 0.120 e. The highest BCUT2D eigenvalue weighted by molar-refractivity contribution is 9.10. The molecule has 0 bridgehead atoms. The first-order chi connectivity index (χ1) is 9.72. The normalized spacial score (nSPS) is 10.7. The van der Waals surface area contributed by atoms with Crippen LogP contribution in [0.1, 0.15) is 5.56 Å². The molecule has 0 aliphatic heterocycles. The van der Waals surface area contributed by atoms with Gasteiger partial charge in [-0.15, -0.1) is 0 Å². The first-order valence-corrected chi connectivity index (χ1v) is 7.11. The molecule has 0 aliphatic carbocycles. The van der Waals surface area contributed by atoms with Crippen molar-refractivity contribution >= 4 is 26.7 Å². The number of halogens is 1. The third kappa shape index (κ3) is 2.78. The Labute approximate surface area is 125 Å². The molecule has 0 aliphatic rings. The Morgan fingerprint density at radius 2 is 1.70 bits per heavy atom. The van der Waals surface area contributed by atoms with E-state index in [1.165, 1.54) is 0 Å². The van der Waals surface area contributed by atoms with Crippen molar-refractivity contribution in [1.82, 2.24) is 0 Å². The largest absolute Gasteiger partial charge is 0.508 e. The van der Waals surface area contributed by atoms with Crippen LogP contribution in [0.15, 0.2) is 65.1 Å². The van der Waals surface area contributed by atoms with Crippen molar-refractivity contribution in [1.29, 1.82) is 0 Å². The molecule has 3 rings (SSSR count). The van der Waals surface area contributed by atoms with Gasteiger partial charge in [-0.2, -0.15) is 0 Å². The van der Waals surface area contributed by atoms with Gasteiger partial charge < -0.3 is 9.84 Å². The van der Waals surface area contributed by atoms with E-state index in [4.69, 9.17) is 4.74 Å². The summed E-state index contributed by atoms with van der Waals surface area (Å²) in [4.78, 5) is 0. The lowest BCUT2D eigenvalue weighted by molar-refractivity contribution is 0.306. The Kier molecular flexibility index (Phi) is 3.61. The first-order valence-electron chi connectivity index (χ1n) is 6.31. The molecule has 100 valence electrons. The smallest absolute Gasteiger partial charge is 0.120 e. The molecule has 2 nitrogen and oxygen atoms in total. The van der Waals surface area contributed by atoms with Gasteiger partial charge in [0.1, 0.15) is 18.1 Å². The van der Waals surface area contributed by atoms with Crippen molar-refractivity contribution in [3.8, 4) is 11.5 Å². The van der Waals surface area contributed by atoms with E-state index in [0.717, 1.165) is 26.6 Å². The second-order valence-electron chi connectivity index (χ2n) is 4.57. The molecule has 3 aromatic rings. The lowest BCUT2D eigenvalue weighted by atomic mass is 10.1. The number of aromatic hydroxyl groups is 1. The van der Waals surface area contributed by atoms with Crippen LogP contribution >= 0.6 is 15.9 Å². The molecule has 0 aromatic heterocycles. The third-order valence-corrected chi connectivity index (χ3v) is 3.92. The summed E-state index contributed by atoms with van der Waals surface area (Å²) in [7, 11) is 0. The summed E-state index contributed by atoms with van der Waals surface area (Å²) in [6.07, 6.45) is 0. The van der Waals surface area contributed by atoms with Crippen molar-refractivity contribution in [2.45, 2.75) is 6.61 Å². The minimum absolute atomic E-state index is 0.264. The molecule has 0 heterocycles. The molecule has 0 fully saturated rings. The summed E-state index contributed by atoms with van der Waals surface area (Å²) >= 11 is 3.51. The number of phenolic OH excluding ortho intramolecular Hbond substituents is 1. The maximum absolute atomic E-state index is 9.52. The van der Waals surface area contributed by atoms with Crippen LogP contribution in [0.2, 0.25) is 0 Å². The zero-order chi connectivity index (χ0) is 13.9. The van der Waals surface area contributed by atoms with Crippen LogP contribution in [-0.4, -0.2) is 5.11 Å². The molecule has 0 radical (unpaired) electrons. The molecule has 20 heavy (non-hydrogen) atoms. The van der Waals surface area contributed by atoms with Crippen molar-refractivity contribution in [3.05, 3.63) is 70.7 Å². The van der Waals surface area contributed by atoms with Crippen LogP contribution in [-0.2, 0) is 6.61 Å². The van der Waals surface area contributed by atoms with E-state index < -0.39 is 0 Å². The van der Waals surface area contributed by atoms with Gasteiger partial charge in [0.05, 0.1) is 0 Å². The van der Waals surface area contributed by atoms with Gasteiger partial charge in [0.2, 0.25) is 0 Å². The lowest BCUT2D eigenvalue weighted by Crippen LogP contribution is -1.96. The number of fused-ring (bicyclic) bond motifs is 1. The van der Waals surface area contributed by atoms with E-state index in [-0.39, 0.29) is 5.75 Å². The minimum atomic E-state index is 0.264. The number of hydrogen-bond acceptors (Lipinski definition) is 2. The Balaban J connectivity index is 1.83. The van der Waals surface area contributed by atoms with E-state index >= 15 is 0 Å². The number of benzene rings is 3. The van der Waals surface area contributed by atoms with Gasteiger partial charge in [0.25, 0.3) is 0 Å². The quantitative estimate of drug-likeness (QED) is 0.741. The Morgan fingerprint density at radius 1 is 0.900 bits per heavy atom. The summed E-state index contributed by atoms with van der Waals surface area (Å²) in [6.45, 7) is 0.506. The van der Waals surface area contributed by atoms with E-state index in [0.29, 0.717) is 6.61 Å². The molecule has 0 unspecified atom stereocenters. The zero-order valence-corrected chi connectivity index (χ0v) is 12.3. The maximum atomic E-state index is 9.52. The van der Waals surface area contributed by atoms with Crippen molar-refractivity contribution < 1.29 is 9.84 Å². The summed E-state index contributed by atoms with van der Waals surface area (Å²) < 4.78 is 6.85. The van der Waals surface area contributed by atoms with Gasteiger partial charge in [-0.3, -0.25) is 0 Å². The fourth-order valence-corrected chi connectivity index (χ4v) is 2.48. The van der Waals surface area contributed by atoms with Crippen LogP contribution in [0.5, 0.6) is 11.5 Å². The van der Waals surface area contributed by atoms with Gasteiger partial charge in [-0.1, -0.05) is 46.3 Å². The van der Waals surface area contributed by atoms with E-state index in [9.17, 15) is 5.11 Å². The monoisotopic (exact) mass is 328 g/mol. The number of rotatable bonds is 3. The fourth-order valence-electron chi connectivity index (χ4n) is 2.08. The molecule has 0 amide bonds. The van der Waals surface area contributed by atoms with Crippen LogP contribution < -0.4 is 4.74 Å². The van der Waals surface area contributed by atoms with Crippen LogP contribution in [0, 0.1) is 0 Å². The van der Waals surface area contributed by atoms with E-state index in [2.05, 4.69) is 15.9 Å². The molecule has 3 aromatic carbocycles. The van der Waals surface area contributed by atoms with Crippen molar-refractivity contribution in [2.75, 3.05) is 0 Å². The number of ether oxygens (including phenoxy) is 1. The highest BCUT2D eigenvalue weighted by Crippen LogP contribution is 2.25. The van der Waals surface area contributed by atoms with Gasteiger partial charge in [0, 0.05) is 10.0 Å². The molecule has 0 saturated heterocycles. The Bertz CT molecular complexity index is 753. The molecule has 1 N–H and O–H groups in total. The third-order valence-electron chi connectivity index (χ3n) is 3.15. The van der Waals surface area contributed by atoms with Gasteiger partial charge >= 0.3 is 0 Å². The molecule has 0 saturated carbocycles. The summed E-state index contributed by atoms with van der Waals surface area (Å²) in [5.74, 6) is 1.05. The second-order valence-corrected chi connectivity index (χ2v) is 5.43. The predicted molar refractivity (Wildman–Crippen MR) is 84.1 cm³/mol. The van der Waals surface area contributed by atoms with Gasteiger partial charge in [-0.05, 0) is 41.1 Å². The highest BCUT2D eigenvalue weighted by atomic mass is 79.9. The second kappa shape index (κ2) is 5.55. The van der Waals surface area contributed by atoms with Gasteiger partial charge in [0.15, 0.2) is 0 Å². The first kappa shape index (κ1) is 13.0.